The number of carbonyl (C=O) groups excluding carboxylic acids is 2. The molecule has 2 amide bonds. The van der Waals surface area contributed by atoms with E-state index in [9.17, 15) is 9.59 Å². The smallest absolute Gasteiger partial charge is 0.274 e. The van der Waals surface area contributed by atoms with Crippen molar-refractivity contribution in [2.45, 2.75) is 18.9 Å². The Morgan fingerprint density at radius 2 is 1.92 bits per heavy atom. The van der Waals surface area contributed by atoms with Crippen molar-refractivity contribution in [2.24, 2.45) is 0 Å². The number of amides is 2. The normalized spacial score (nSPS) is 16.9. The van der Waals surface area contributed by atoms with E-state index in [0.717, 1.165) is 6.42 Å². The van der Waals surface area contributed by atoms with Gasteiger partial charge in [0.2, 0.25) is 5.91 Å². The number of nitrogens with one attached hydrogen (secondary N) is 1. The van der Waals surface area contributed by atoms with E-state index in [0.29, 0.717) is 28.7 Å². The van der Waals surface area contributed by atoms with Gasteiger partial charge in [-0.05, 0) is 31.0 Å². The molecular formula is C16H14Cl2N4O2. The summed E-state index contributed by atoms with van der Waals surface area (Å²) in [4.78, 5) is 34.5. The minimum absolute atomic E-state index is 0.225. The van der Waals surface area contributed by atoms with Crippen LogP contribution in [-0.4, -0.2) is 39.3 Å². The van der Waals surface area contributed by atoms with Crippen molar-refractivity contribution in [1.29, 1.82) is 0 Å². The lowest BCUT2D eigenvalue weighted by molar-refractivity contribution is -0.119. The first-order valence-corrected chi connectivity index (χ1v) is 8.14. The van der Waals surface area contributed by atoms with E-state index in [-0.39, 0.29) is 17.5 Å². The van der Waals surface area contributed by atoms with Crippen LogP contribution in [0.4, 0.5) is 5.69 Å². The van der Waals surface area contributed by atoms with Gasteiger partial charge in [0.1, 0.15) is 11.7 Å². The van der Waals surface area contributed by atoms with Gasteiger partial charge < -0.3 is 10.2 Å². The van der Waals surface area contributed by atoms with E-state index in [4.69, 9.17) is 23.2 Å². The van der Waals surface area contributed by atoms with Gasteiger partial charge in [0, 0.05) is 34.7 Å². The molecule has 0 aliphatic carbocycles. The Labute approximate surface area is 148 Å². The summed E-state index contributed by atoms with van der Waals surface area (Å²) in [6, 6.07) is 4.24. The van der Waals surface area contributed by atoms with Crippen LogP contribution in [0.5, 0.6) is 0 Å². The van der Waals surface area contributed by atoms with Gasteiger partial charge in [0.25, 0.3) is 5.91 Å². The maximum absolute atomic E-state index is 12.6. The third-order valence-electron chi connectivity index (χ3n) is 3.73. The molecule has 0 unspecified atom stereocenters. The van der Waals surface area contributed by atoms with Crippen molar-refractivity contribution >= 4 is 40.7 Å². The number of halogens is 2. The molecule has 1 aliphatic heterocycles. The van der Waals surface area contributed by atoms with Gasteiger partial charge in [-0.2, -0.15) is 0 Å². The van der Waals surface area contributed by atoms with Crippen LogP contribution >= 0.6 is 23.2 Å². The molecule has 3 rings (SSSR count). The Morgan fingerprint density at radius 1 is 1.17 bits per heavy atom. The molecule has 0 spiro atoms. The Balaban J connectivity index is 1.75. The van der Waals surface area contributed by atoms with E-state index >= 15 is 0 Å². The second-order valence-electron chi connectivity index (χ2n) is 5.39. The van der Waals surface area contributed by atoms with E-state index in [1.54, 1.807) is 18.2 Å². The SMILES string of the molecule is O=C(Nc1cc(Cl)cc(Cl)c1)[C@H]1CCCN1C(=O)c1cnccn1. The first kappa shape index (κ1) is 16.7. The molecule has 2 aromatic rings. The second kappa shape index (κ2) is 7.15. The van der Waals surface area contributed by atoms with Crippen LogP contribution in [0.15, 0.2) is 36.8 Å². The van der Waals surface area contributed by atoms with Gasteiger partial charge in [-0.1, -0.05) is 23.2 Å². The van der Waals surface area contributed by atoms with Crippen molar-refractivity contribution in [3.63, 3.8) is 0 Å². The second-order valence-corrected chi connectivity index (χ2v) is 6.27. The fourth-order valence-electron chi connectivity index (χ4n) is 2.69. The van der Waals surface area contributed by atoms with Crippen LogP contribution in [0.1, 0.15) is 23.3 Å². The summed E-state index contributed by atoms with van der Waals surface area (Å²) >= 11 is 11.9. The number of hydrogen-bond acceptors (Lipinski definition) is 4. The summed E-state index contributed by atoms with van der Waals surface area (Å²) in [5, 5.41) is 3.62. The van der Waals surface area contributed by atoms with Crippen molar-refractivity contribution in [2.75, 3.05) is 11.9 Å². The molecule has 2 heterocycles. The highest BCUT2D eigenvalue weighted by Crippen LogP contribution is 2.25. The lowest BCUT2D eigenvalue weighted by Gasteiger charge is -2.23. The van der Waals surface area contributed by atoms with E-state index in [1.807, 2.05) is 0 Å². The standard InChI is InChI=1S/C16H14Cl2N4O2/c17-10-6-11(18)8-12(7-10)21-15(23)14-2-1-5-22(14)16(24)13-9-19-3-4-20-13/h3-4,6-9,14H,1-2,5H2,(H,21,23)/t14-/m1/s1. The van der Waals surface area contributed by atoms with Gasteiger partial charge in [0.15, 0.2) is 0 Å². The Bertz CT molecular complexity index is 750. The van der Waals surface area contributed by atoms with Crippen LogP contribution in [0.25, 0.3) is 0 Å². The lowest BCUT2D eigenvalue weighted by atomic mass is 10.2. The van der Waals surface area contributed by atoms with Crippen LogP contribution in [0, 0.1) is 0 Å². The summed E-state index contributed by atoms with van der Waals surface area (Å²) in [5.74, 6) is -0.576. The van der Waals surface area contributed by atoms with Crippen LogP contribution in [0.3, 0.4) is 0 Å². The number of carbonyl (C=O) groups is 2. The van der Waals surface area contributed by atoms with Gasteiger partial charge in [-0.15, -0.1) is 0 Å². The monoisotopic (exact) mass is 364 g/mol. The minimum atomic E-state index is -0.558. The molecule has 0 radical (unpaired) electrons. The molecule has 1 atom stereocenters. The molecule has 124 valence electrons. The molecule has 1 aliphatic rings. The largest absolute Gasteiger partial charge is 0.325 e. The zero-order chi connectivity index (χ0) is 17.1. The van der Waals surface area contributed by atoms with Gasteiger partial charge in [0.05, 0.1) is 6.20 Å². The Kier molecular flexibility index (Phi) is 4.97. The number of rotatable bonds is 3. The number of likely N-dealkylation sites (tertiary alicyclic amines) is 1. The van der Waals surface area contributed by atoms with Crippen molar-refractivity contribution < 1.29 is 9.59 Å². The molecule has 1 saturated heterocycles. The summed E-state index contributed by atoms with van der Waals surface area (Å²) < 4.78 is 0. The number of aromatic nitrogens is 2. The van der Waals surface area contributed by atoms with Gasteiger partial charge in [-0.25, -0.2) is 4.98 Å². The van der Waals surface area contributed by atoms with Crippen LogP contribution in [0.2, 0.25) is 10.0 Å². The van der Waals surface area contributed by atoms with Crippen LogP contribution < -0.4 is 5.32 Å². The van der Waals surface area contributed by atoms with Crippen molar-refractivity contribution in [1.82, 2.24) is 14.9 Å². The number of anilines is 1. The first-order valence-electron chi connectivity index (χ1n) is 7.38. The summed E-state index contributed by atoms with van der Waals surface area (Å²) in [7, 11) is 0. The van der Waals surface area contributed by atoms with Gasteiger partial charge in [-0.3, -0.25) is 14.6 Å². The third-order valence-corrected chi connectivity index (χ3v) is 4.17. The zero-order valence-corrected chi connectivity index (χ0v) is 14.1. The predicted molar refractivity (Wildman–Crippen MR) is 91.2 cm³/mol. The molecule has 6 nitrogen and oxygen atoms in total. The molecule has 1 aromatic carbocycles. The average molecular weight is 365 g/mol. The Morgan fingerprint density at radius 3 is 2.58 bits per heavy atom. The molecule has 1 fully saturated rings. The maximum Gasteiger partial charge on any atom is 0.274 e. The zero-order valence-electron chi connectivity index (χ0n) is 12.6. The molecule has 0 bridgehead atoms. The van der Waals surface area contributed by atoms with Crippen molar-refractivity contribution in [3.8, 4) is 0 Å². The fraction of sp³-hybridized carbons (Fsp3) is 0.250. The number of nitrogens with zero attached hydrogens (tertiary/aromatic N) is 3. The average Bonchev–Trinajstić information content (AvgIpc) is 3.03. The summed E-state index contributed by atoms with van der Waals surface area (Å²) in [6.07, 6.45) is 5.68. The first-order chi connectivity index (χ1) is 11.5. The molecule has 24 heavy (non-hydrogen) atoms. The minimum Gasteiger partial charge on any atom is -0.325 e. The van der Waals surface area contributed by atoms with E-state index in [2.05, 4.69) is 15.3 Å². The lowest BCUT2D eigenvalue weighted by Crippen LogP contribution is -2.43. The molecule has 8 heteroatoms. The highest BCUT2D eigenvalue weighted by atomic mass is 35.5. The molecule has 1 aromatic heterocycles. The van der Waals surface area contributed by atoms with E-state index in [1.165, 1.54) is 23.5 Å². The van der Waals surface area contributed by atoms with E-state index < -0.39 is 6.04 Å². The van der Waals surface area contributed by atoms with Crippen LogP contribution in [-0.2, 0) is 4.79 Å². The molecule has 1 N–H and O–H groups in total. The summed E-state index contributed by atoms with van der Waals surface area (Å²) in [6.45, 7) is 0.504. The predicted octanol–water partition coefficient (Wildman–Crippen LogP) is 3.03. The third kappa shape index (κ3) is 3.66. The number of benzene rings is 1. The topological polar surface area (TPSA) is 75.2 Å². The fourth-order valence-corrected chi connectivity index (χ4v) is 3.22. The maximum atomic E-state index is 12.6. The summed E-state index contributed by atoms with van der Waals surface area (Å²) in [5.41, 5.74) is 0.722. The highest BCUT2D eigenvalue weighted by molar-refractivity contribution is 6.35. The Hall–Kier alpha value is -2.18. The highest BCUT2D eigenvalue weighted by Gasteiger charge is 2.35. The molecular weight excluding hydrogens is 351 g/mol. The number of hydrogen-bond donors (Lipinski definition) is 1. The van der Waals surface area contributed by atoms with Gasteiger partial charge >= 0.3 is 0 Å². The van der Waals surface area contributed by atoms with Crippen molar-refractivity contribution in [3.05, 3.63) is 52.5 Å². The quantitative estimate of drug-likeness (QED) is 0.907. The molecule has 0 saturated carbocycles.